The van der Waals surface area contributed by atoms with E-state index in [1.54, 1.807) is 0 Å². The van der Waals surface area contributed by atoms with E-state index in [0.29, 0.717) is 6.04 Å². The van der Waals surface area contributed by atoms with Gasteiger partial charge in [-0.3, -0.25) is 4.90 Å². The predicted octanol–water partition coefficient (Wildman–Crippen LogP) is 2.55. The molecule has 16 heavy (non-hydrogen) atoms. The molecule has 1 atom stereocenters. The Bertz CT molecular complexity index is 365. The van der Waals surface area contributed by atoms with Crippen molar-refractivity contribution in [2.75, 3.05) is 19.6 Å². The van der Waals surface area contributed by atoms with Gasteiger partial charge in [0.05, 0.1) is 0 Å². The number of hydrogen-bond acceptors (Lipinski definition) is 2. The van der Waals surface area contributed by atoms with Crippen LogP contribution in [0.1, 0.15) is 18.1 Å². The van der Waals surface area contributed by atoms with Crippen molar-refractivity contribution >= 4 is 15.9 Å². The van der Waals surface area contributed by atoms with Gasteiger partial charge < -0.3 is 5.32 Å². The molecule has 2 rings (SSSR count). The Labute approximate surface area is 106 Å². The molecule has 1 aliphatic rings. The van der Waals surface area contributed by atoms with E-state index < -0.39 is 0 Å². The first-order valence-corrected chi connectivity index (χ1v) is 6.66. The predicted molar refractivity (Wildman–Crippen MR) is 71.6 cm³/mol. The molecule has 0 radical (unpaired) electrons. The first kappa shape index (κ1) is 12.1. The maximum Gasteiger partial charge on any atom is 0.0249 e. The average Bonchev–Trinajstić information content (AvgIpc) is 2.28. The molecule has 1 N–H and O–H groups in total. The van der Waals surface area contributed by atoms with Gasteiger partial charge in [-0.25, -0.2) is 0 Å². The van der Waals surface area contributed by atoms with Gasteiger partial charge >= 0.3 is 0 Å². The number of hydrogen-bond donors (Lipinski definition) is 1. The van der Waals surface area contributed by atoms with Crippen LogP contribution in [-0.2, 0) is 6.54 Å². The fourth-order valence-corrected chi connectivity index (χ4v) is 2.56. The van der Waals surface area contributed by atoms with Crippen LogP contribution in [0.4, 0.5) is 0 Å². The minimum atomic E-state index is 0.626. The Morgan fingerprint density at radius 2 is 2.31 bits per heavy atom. The van der Waals surface area contributed by atoms with Gasteiger partial charge in [0, 0.05) is 36.7 Å². The van der Waals surface area contributed by atoms with Gasteiger partial charge in [0.2, 0.25) is 0 Å². The topological polar surface area (TPSA) is 15.3 Å². The lowest BCUT2D eigenvalue weighted by Gasteiger charge is -2.34. The minimum absolute atomic E-state index is 0.626. The molecule has 1 unspecified atom stereocenters. The van der Waals surface area contributed by atoms with E-state index in [1.807, 2.05) is 0 Å². The zero-order valence-electron chi connectivity index (χ0n) is 9.96. The van der Waals surface area contributed by atoms with Crippen LogP contribution in [0.15, 0.2) is 22.7 Å². The summed E-state index contributed by atoms with van der Waals surface area (Å²) < 4.78 is 1.26. The molecular weight excluding hydrogens is 264 g/mol. The molecular formula is C13H19BrN2. The van der Waals surface area contributed by atoms with E-state index >= 15 is 0 Å². The van der Waals surface area contributed by atoms with E-state index in [1.165, 1.54) is 15.6 Å². The Hall–Kier alpha value is -0.380. The van der Waals surface area contributed by atoms with Gasteiger partial charge in [-0.1, -0.05) is 34.1 Å². The van der Waals surface area contributed by atoms with Gasteiger partial charge in [-0.15, -0.1) is 0 Å². The standard InChI is InChI=1S/C13H19BrN2/c1-10-4-3-5-12(13(10)14)9-16-7-6-15-8-11(16)2/h3-5,11,15H,6-9H2,1-2H3. The molecule has 1 aromatic rings. The van der Waals surface area contributed by atoms with E-state index in [4.69, 9.17) is 0 Å². The van der Waals surface area contributed by atoms with Crippen molar-refractivity contribution in [3.8, 4) is 0 Å². The minimum Gasteiger partial charge on any atom is -0.314 e. The fourth-order valence-electron chi connectivity index (χ4n) is 2.17. The third-order valence-electron chi connectivity index (χ3n) is 3.28. The summed E-state index contributed by atoms with van der Waals surface area (Å²) in [5.74, 6) is 0. The summed E-state index contributed by atoms with van der Waals surface area (Å²) in [6.45, 7) is 8.83. The van der Waals surface area contributed by atoms with Crippen molar-refractivity contribution < 1.29 is 0 Å². The quantitative estimate of drug-likeness (QED) is 0.897. The maximum absolute atomic E-state index is 3.68. The van der Waals surface area contributed by atoms with Crippen molar-refractivity contribution in [1.82, 2.24) is 10.2 Å². The monoisotopic (exact) mass is 282 g/mol. The van der Waals surface area contributed by atoms with Crippen LogP contribution in [0.5, 0.6) is 0 Å². The van der Waals surface area contributed by atoms with Crippen molar-refractivity contribution in [3.05, 3.63) is 33.8 Å². The number of rotatable bonds is 2. The number of piperazine rings is 1. The Morgan fingerprint density at radius 3 is 3.06 bits per heavy atom. The van der Waals surface area contributed by atoms with Crippen molar-refractivity contribution in [2.45, 2.75) is 26.4 Å². The summed E-state index contributed by atoms with van der Waals surface area (Å²) in [6, 6.07) is 7.13. The molecule has 0 aromatic heterocycles. The van der Waals surface area contributed by atoms with Crippen LogP contribution in [0, 0.1) is 6.92 Å². The van der Waals surface area contributed by atoms with E-state index in [2.05, 4.69) is 58.2 Å². The lowest BCUT2D eigenvalue weighted by molar-refractivity contribution is 0.165. The highest BCUT2D eigenvalue weighted by Gasteiger charge is 2.18. The van der Waals surface area contributed by atoms with Crippen molar-refractivity contribution in [1.29, 1.82) is 0 Å². The number of aryl methyl sites for hydroxylation is 1. The third kappa shape index (κ3) is 2.65. The van der Waals surface area contributed by atoms with Gasteiger partial charge in [0.15, 0.2) is 0 Å². The summed E-state index contributed by atoms with van der Waals surface area (Å²) in [5, 5.41) is 3.42. The van der Waals surface area contributed by atoms with Gasteiger partial charge in [-0.05, 0) is 25.0 Å². The summed E-state index contributed by atoms with van der Waals surface area (Å²) >= 11 is 3.68. The normalized spacial score (nSPS) is 22.3. The van der Waals surface area contributed by atoms with Crippen molar-refractivity contribution in [3.63, 3.8) is 0 Å². The van der Waals surface area contributed by atoms with Crippen LogP contribution in [0.25, 0.3) is 0 Å². The first-order valence-electron chi connectivity index (χ1n) is 5.87. The molecule has 0 amide bonds. The maximum atomic E-state index is 3.68. The van der Waals surface area contributed by atoms with Crippen LogP contribution >= 0.6 is 15.9 Å². The zero-order chi connectivity index (χ0) is 11.5. The summed E-state index contributed by atoms with van der Waals surface area (Å²) in [5.41, 5.74) is 2.72. The molecule has 1 aliphatic heterocycles. The van der Waals surface area contributed by atoms with Gasteiger partial charge in [0.25, 0.3) is 0 Å². The summed E-state index contributed by atoms with van der Waals surface area (Å²) in [7, 11) is 0. The Morgan fingerprint density at radius 1 is 1.50 bits per heavy atom. The molecule has 3 heteroatoms. The summed E-state index contributed by atoms with van der Waals surface area (Å²) in [4.78, 5) is 2.54. The Balaban J connectivity index is 2.10. The number of nitrogens with one attached hydrogen (secondary N) is 1. The molecule has 0 aliphatic carbocycles. The lowest BCUT2D eigenvalue weighted by atomic mass is 10.1. The second kappa shape index (κ2) is 5.30. The smallest absolute Gasteiger partial charge is 0.0249 e. The highest BCUT2D eigenvalue weighted by atomic mass is 79.9. The van der Waals surface area contributed by atoms with Gasteiger partial charge in [0.1, 0.15) is 0 Å². The molecule has 88 valence electrons. The Kier molecular flexibility index (Phi) is 4.00. The molecule has 1 fully saturated rings. The molecule has 0 saturated carbocycles. The van der Waals surface area contributed by atoms with Crippen LogP contribution < -0.4 is 5.32 Å². The molecule has 0 bridgehead atoms. The number of benzene rings is 1. The summed E-state index contributed by atoms with van der Waals surface area (Å²) in [6.07, 6.45) is 0. The molecule has 2 nitrogen and oxygen atoms in total. The second-order valence-corrected chi connectivity index (χ2v) is 5.36. The molecule has 1 aromatic carbocycles. The van der Waals surface area contributed by atoms with E-state index in [-0.39, 0.29) is 0 Å². The van der Waals surface area contributed by atoms with Crippen LogP contribution in [0.3, 0.4) is 0 Å². The molecule has 1 heterocycles. The first-order chi connectivity index (χ1) is 7.68. The number of nitrogens with zero attached hydrogens (tertiary/aromatic N) is 1. The van der Waals surface area contributed by atoms with Crippen LogP contribution in [-0.4, -0.2) is 30.6 Å². The van der Waals surface area contributed by atoms with Crippen molar-refractivity contribution in [2.24, 2.45) is 0 Å². The SMILES string of the molecule is Cc1cccc(CN2CCNCC2C)c1Br. The van der Waals surface area contributed by atoms with Crippen LogP contribution in [0.2, 0.25) is 0 Å². The second-order valence-electron chi connectivity index (χ2n) is 4.57. The fraction of sp³-hybridized carbons (Fsp3) is 0.538. The zero-order valence-corrected chi connectivity index (χ0v) is 11.5. The third-order valence-corrected chi connectivity index (χ3v) is 4.42. The van der Waals surface area contributed by atoms with E-state index in [9.17, 15) is 0 Å². The molecule has 0 spiro atoms. The molecule has 1 saturated heterocycles. The highest BCUT2D eigenvalue weighted by molar-refractivity contribution is 9.10. The van der Waals surface area contributed by atoms with E-state index in [0.717, 1.165) is 26.2 Å². The highest BCUT2D eigenvalue weighted by Crippen LogP contribution is 2.23. The van der Waals surface area contributed by atoms with Gasteiger partial charge in [-0.2, -0.15) is 0 Å². The lowest BCUT2D eigenvalue weighted by Crippen LogP contribution is -2.49. The largest absolute Gasteiger partial charge is 0.314 e. The number of halogens is 1. The average molecular weight is 283 g/mol.